The van der Waals surface area contributed by atoms with Gasteiger partial charge < -0.3 is 10.2 Å². The Hall–Kier alpha value is -0.0800. The van der Waals surface area contributed by atoms with E-state index in [1.165, 1.54) is 64.3 Å². The third kappa shape index (κ3) is 3.69. The van der Waals surface area contributed by atoms with Gasteiger partial charge in [0, 0.05) is 18.1 Å². The Morgan fingerprint density at radius 1 is 1.06 bits per heavy atom. The van der Waals surface area contributed by atoms with Crippen molar-refractivity contribution in [3.63, 3.8) is 0 Å². The lowest BCUT2D eigenvalue weighted by Crippen LogP contribution is -2.54. The zero-order valence-electron chi connectivity index (χ0n) is 11.8. The number of hydrogen-bond acceptors (Lipinski definition) is 2. The van der Waals surface area contributed by atoms with Gasteiger partial charge in [-0.05, 0) is 45.7 Å². The van der Waals surface area contributed by atoms with Crippen LogP contribution in [0.5, 0.6) is 0 Å². The van der Waals surface area contributed by atoms with Crippen LogP contribution in [-0.2, 0) is 0 Å². The molecular formula is C15H30N2. The van der Waals surface area contributed by atoms with Gasteiger partial charge in [-0.25, -0.2) is 0 Å². The number of nitrogens with one attached hydrogen (secondary N) is 1. The van der Waals surface area contributed by atoms with Crippen LogP contribution in [-0.4, -0.2) is 36.6 Å². The third-order valence-corrected chi connectivity index (χ3v) is 4.80. The van der Waals surface area contributed by atoms with Crippen molar-refractivity contribution in [1.82, 2.24) is 10.2 Å². The predicted octanol–water partition coefficient (Wildman–Crippen LogP) is 3.17. The number of fused-ring (bicyclic) bond motifs is 2. The van der Waals surface area contributed by atoms with Crippen molar-refractivity contribution < 1.29 is 0 Å². The lowest BCUT2D eigenvalue weighted by Gasteiger charge is -2.47. The molecular weight excluding hydrogens is 208 g/mol. The van der Waals surface area contributed by atoms with E-state index in [0.717, 1.165) is 18.1 Å². The smallest absolute Gasteiger partial charge is 0.0110 e. The maximum Gasteiger partial charge on any atom is 0.0110 e. The molecule has 2 fully saturated rings. The largest absolute Gasteiger partial charge is 0.314 e. The van der Waals surface area contributed by atoms with E-state index < -0.39 is 0 Å². The first kappa shape index (κ1) is 13.4. The second-order valence-corrected chi connectivity index (χ2v) is 6.09. The fourth-order valence-electron chi connectivity index (χ4n) is 3.64. The highest BCUT2D eigenvalue weighted by Crippen LogP contribution is 2.32. The van der Waals surface area contributed by atoms with Crippen molar-refractivity contribution in [3.05, 3.63) is 0 Å². The molecule has 100 valence electrons. The van der Waals surface area contributed by atoms with E-state index in [1.807, 2.05) is 0 Å². The molecule has 2 atom stereocenters. The first-order valence-electron chi connectivity index (χ1n) is 7.76. The average Bonchev–Trinajstić information content (AvgIpc) is 2.30. The first-order chi connectivity index (χ1) is 8.31. The lowest BCUT2D eigenvalue weighted by atomic mass is 9.82. The van der Waals surface area contributed by atoms with Crippen LogP contribution in [0.3, 0.4) is 0 Å². The molecule has 2 nitrogen and oxygen atoms in total. The van der Waals surface area contributed by atoms with E-state index in [9.17, 15) is 0 Å². The highest BCUT2D eigenvalue weighted by atomic mass is 15.2. The number of hydrogen-bond donors (Lipinski definition) is 1. The van der Waals surface area contributed by atoms with E-state index in [2.05, 4.69) is 24.2 Å². The van der Waals surface area contributed by atoms with Crippen LogP contribution >= 0.6 is 0 Å². The van der Waals surface area contributed by atoms with Crippen LogP contribution in [0, 0.1) is 0 Å². The molecule has 0 aromatic carbocycles. The van der Waals surface area contributed by atoms with Crippen LogP contribution in [0.4, 0.5) is 0 Å². The standard InChI is InChI=1S/C15H30N2/c1-3-4-5-6-10-16-13-11-14-8-7-9-15(12-13)17(14)2/h13-16H,3-12H2,1-2H3. The summed E-state index contributed by atoms with van der Waals surface area (Å²) >= 11 is 0. The predicted molar refractivity (Wildman–Crippen MR) is 74.4 cm³/mol. The number of unbranched alkanes of at least 4 members (excludes halogenated alkanes) is 3. The molecule has 2 aliphatic heterocycles. The summed E-state index contributed by atoms with van der Waals surface area (Å²) in [6.45, 7) is 3.53. The Balaban J connectivity index is 1.65. The maximum absolute atomic E-state index is 3.80. The fourth-order valence-corrected chi connectivity index (χ4v) is 3.64. The second kappa shape index (κ2) is 6.75. The molecule has 0 aromatic heterocycles. The molecule has 17 heavy (non-hydrogen) atoms. The van der Waals surface area contributed by atoms with Crippen LogP contribution in [0.1, 0.15) is 64.7 Å². The number of rotatable bonds is 6. The molecule has 0 radical (unpaired) electrons. The number of piperidine rings is 2. The zero-order chi connectivity index (χ0) is 12.1. The summed E-state index contributed by atoms with van der Waals surface area (Å²) in [6.07, 6.45) is 12.6. The molecule has 2 heteroatoms. The Morgan fingerprint density at radius 3 is 2.41 bits per heavy atom. The monoisotopic (exact) mass is 238 g/mol. The minimum Gasteiger partial charge on any atom is -0.314 e. The first-order valence-corrected chi connectivity index (χ1v) is 7.76. The van der Waals surface area contributed by atoms with Gasteiger partial charge in [0.05, 0.1) is 0 Å². The SMILES string of the molecule is CCCCCCNC1CC2CCCC(C1)N2C. The van der Waals surface area contributed by atoms with Gasteiger partial charge >= 0.3 is 0 Å². The van der Waals surface area contributed by atoms with Crippen LogP contribution in [0.15, 0.2) is 0 Å². The molecule has 1 N–H and O–H groups in total. The highest BCUT2D eigenvalue weighted by Gasteiger charge is 2.35. The molecule has 2 rings (SSSR count). The lowest BCUT2D eigenvalue weighted by molar-refractivity contribution is 0.0486. The van der Waals surface area contributed by atoms with E-state index in [1.54, 1.807) is 0 Å². The van der Waals surface area contributed by atoms with Gasteiger partial charge in [0.2, 0.25) is 0 Å². The van der Waals surface area contributed by atoms with E-state index >= 15 is 0 Å². The summed E-state index contributed by atoms with van der Waals surface area (Å²) in [4.78, 5) is 2.65. The van der Waals surface area contributed by atoms with Gasteiger partial charge in [-0.2, -0.15) is 0 Å². The Morgan fingerprint density at radius 2 is 1.76 bits per heavy atom. The van der Waals surface area contributed by atoms with Gasteiger partial charge in [-0.3, -0.25) is 0 Å². The molecule has 2 unspecified atom stereocenters. The quantitative estimate of drug-likeness (QED) is 0.715. The third-order valence-electron chi connectivity index (χ3n) is 4.80. The molecule has 2 saturated heterocycles. The van der Waals surface area contributed by atoms with Crippen molar-refractivity contribution in [3.8, 4) is 0 Å². The van der Waals surface area contributed by atoms with Crippen molar-refractivity contribution in [1.29, 1.82) is 0 Å². The van der Waals surface area contributed by atoms with Crippen LogP contribution in [0.25, 0.3) is 0 Å². The van der Waals surface area contributed by atoms with E-state index in [4.69, 9.17) is 0 Å². The second-order valence-electron chi connectivity index (χ2n) is 6.09. The van der Waals surface area contributed by atoms with E-state index in [0.29, 0.717) is 0 Å². The fraction of sp³-hybridized carbons (Fsp3) is 1.00. The normalized spacial score (nSPS) is 33.9. The molecule has 0 saturated carbocycles. The summed E-state index contributed by atoms with van der Waals surface area (Å²) in [5, 5.41) is 3.80. The van der Waals surface area contributed by atoms with Gasteiger partial charge in [-0.1, -0.05) is 32.6 Å². The molecule has 2 aliphatic rings. The molecule has 2 bridgehead atoms. The van der Waals surface area contributed by atoms with Crippen molar-refractivity contribution in [2.24, 2.45) is 0 Å². The van der Waals surface area contributed by atoms with E-state index in [-0.39, 0.29) is 0 Å². The molecule has 0 aromatic rings. The van der Waals surface area contributed by atoms with Gasteiger partial charge in [0.15, 0.2) is 0 Å². The van der Waals surface area contributed by atoms with Gasteiger partial charge in [0.25, 0.3) is 0 Å². The van der Waals surface area contributed by atoms with Crippen LogP contribution < -0.4 is 5.32 Å². The average molecular weight is 238 g/mol. The Kier molecular flexibility index (Phi) is 5.30. The van der Waals surface area contributed by atoms with Crippen LogP contribution in [0.2, 0.25) is 0 Å². The Labute approximate surface area is 107 Å². The highest BCUT2D eigenvalue weighted by molar-refractivity contribution is 4.93. The summed E-state index contributed by atoms with van der Waals surface area (Å²) < 4.78 is 0. The van der Waals surface area contributed by atoms with Crippen molar-refractivity contribution in [2.45, 2.75) is 82.8 Å². The maximum atomic E-state index is 3.80. The molecule has 0 amide bonds. The Bertz CT molecular complexity index is 203. The minimum absolute atomic E-state index is 0.808. The molecule has 2 heterocycles. The summed E-state index contributed by atoms with van der Waals surface area (Å²) in [7, 11) is 2.34. The van der Waals surface area contributed by atoms with Crippen molar-refractivity contribution >= 4 is 0 Å². The molecule has 0 spiro atoms. The number of nitrogens with zero attached hydrogens (tertiary/aromatic N) is 1. The summed E-state index contributed by atoms with van der Waals surface area (Å²) in [5.74, 6) is 0. The topological polar surface area (TPSA) is 15.3 Å². The van der Waals surface area contributed by atoms with Gasteiger partial charge in [0.1, 0.15) is 0 Å². The van der Waals surface area contributed by atoms with Crippen molar-refractivity contribution in [2.75, 3.05) is 13.6 Å². The zero-order valence-corrected chi connectivity index (χ0v) is 11.8. The van der Waals surface area contributed by atoms with Gasteiger partial charge in [-0.15, -0.1) is 0 Å². The minimum atomic E-state index is 0.808. The molecule has 0 aliphatic carbocycles. The summed E-state index contributed by atoms with van der Waals surface area (Å²) in [6, 6.07) is 2.55. The summed E-state index contributed by atoms with van der Waals surface area (Å²) in [5.41, 5.74) is 0.